The van der Waals surface area contributed by atoms with Crippen LogP contribution in [0.5, 0.6) is 0 Å². The van der Waals surface area contributed by atoms with E-state index in [1.165, 1.54) is 37.8 Å². The van der Waals surface area contributed by atoms with Gasteiger partial charge in [0.1, 0.15) is 16.9 Å². The molecule has 0 radical (unpaired) electrons. The number of para-hydroxylation sites is 3. The van der Waals surface area contributed by atoms with E-state index < -0.39 is 0 Å². The van der Waals surface area contributed by atoms with Crippen molar-refractivity contribution in [1.82, 2.24) is 23.7 Å². The molecule has 4 aromatic heterocycles. The Kier molecular flexibility index (Phi) is 5.24. The van der Waals surface area contributed by atoms with Gasteiger partial charge in [-0.1, -0.05) is 54.6 Å². The predicted octanol–water partition coefficient (Wildman–Crippen LogP) is 9.68. The molecule has 0 unspecified atom stereocenters. The van der Waals surface area contributed by atoms with E-state index in [4.69, 9.17) is 18.9 Å². The summed E-state index contributed by atoms with van der Waals surface area (Å²) in [6.45, 7) is 0.809. The monoisotopic (exact) mass is 599 g/mol. The average Bonchev–Trinajstić information content (AvgIpc) is 3.85. The summed E-state index contributed by atoms with van der Waals surface area (Å²) in [5, 5.41) is 9.71. The maximum Gasteiger partial charge on any atom is 0.181 e. The zero-order chi connectivity index (χ0) is 29.5. The van der Waals surface area contributed by atoms with Crippen LogP contribution in [0.25, 0.3) is 82.8 Å². The highest BCUT2D eigenvalue weighted by molar-refractivity contribution is 7.10. The topological polar surface area (TPSA) is 61.7 Å². The number of aromatic nitrogens is 5. The van der Waals surface area contributed by atoms with Crippen LogP contribution >= 0.6 is 11.5 Å². The Morgan fingerprint density at radius 1 is 0.667 bits per heavy atom. The van der Waals surface area contributed by atoms with Gasteiger partial charge >= 0.3 is 0 Å². The van der Waals surface area contributed by atoms with Crippen molar-refractivity contribution in [3.63, 3.8) is 0 Å². The Bertz CT molecular complexity index is 2590. The molecule has 214 valence electrons. The molecule has 45 heavy (non-hydrogen) atoms. The van der Waals surface area contributed by atoms with Gasteiger partial charge in [-0.05, 0) is 90.6 Å². The first kappa shape index (κ1) is 24.9. The molecular formula is C38H25N5OS. The van der Waals surface area contributed by atoms with Crippen molar-refractivity contribution in [2.24, 2.45) is 0 Å². The normalized spacial score (nSPS) is 13.1. The molecule has 0 atom stereocenters. The molecular weight excluding hydrogens is 575 g/mol. The van der Waals surface area contributed by atoms with Crippen LogP contribution in [0.3, 0.4) is 0 Å². The first-order valence-corrected chi connectivity index (χ1v) is 16.0. The lowest BCUT2D eigenvalue weighted by molar-refractivity contribution is 0.595. The quantitative estimate of drug-likeness (QED) is 0.203. The van der Waals surface area contributed by atoms with Crippen molar-refractivity contribution in [3.8, 4) is 39.0 Å². The summed E-state index contributed by atoms with van der Waals surface area (Å²) < 4.78 is 15.5. The molecule has 0 saturated carbocycles. The minimum atomic E-state index is 0.733. The lowest BCUT2D eigenvalue weighted by Gasteiger charge is -2.07. The molecule has 9 aromatic rings. The van der Waals surface area contributed by atoms with E-state index in [1.807, 2.05) is 12.1 Å². The number of nitrogens with zero attached hydrogens (tertiary/aromatic N) is 5. The van der Waals surface area contributed by atoms with Crippen LogP contribution in [0, 0.1) is 0 Å². The summed E-state index contributed by atoms with van der Waals surface area (Å²) >= 11 is 1.55. The van der Waals surface area contributed by atoms with Crippen LogP contribution in [-0.4, -0.2) is 23.7 Å². The molecule has 0 saturated heterocycles. The van der Waals surface area contributed by atoms with Crippen molar-refractivity contribution in [2.45, 2.75) is 19.4 Å². The van der Waals surface area contributed by atoms with Crippen molar-refractivity contribution in [1.29, 1.82) is 0 Å². The molecule has 0 bridgehead atoms. The van der Waals surface area contributed by atoms with Gasteiger partial charge in [-0.2, -0.15) is 9.47 Å². The largest absolute Gasteiger partial charge is 0.456 e. The first-order chi connectivity index (χ1) is 22.3. The summed E-state index contributed by atoms with van der Waals surface area (Å²) in [5.41, 5.74) is 9.70. The van der Waals surface area contributed by atoms with Gasteiger partial charge in [0.05, 0.1) is 15.9 Å². The number of hydrogen-bond acceptors (Lipinski definition) is 5. The SMILES string of the molecule is c1ccc(-n2c3ccccc3c3cc(-c4nc5n(n4)CCCc4c-5nsc4-c4ccc5oc6ccccc6c5c4)ccc32)cc1. The third kappa shape index (κ3) is 3.71. The molecule has 1 aliphatic rings. The second-order valence-corrected chi connectivity index (χ2v) is 12.4. The number of benzene rings is 5. The standard InChI is InChI=1S/C38H25N5OS/c1-2-9-25(10-3-1)43-31-14-6-4-11-26(31)29-22-24(16-18-32(29)43)37-39-38-35-28(13-8-20-42(38)40-37)36(45-41-35)23-17-19-34-30(21-23)27-12-5-7-15-33(27)44-34/h1-7,9-12,14-19,21-22H,8,13,20H2. The van der Waals surface area contributed by atoms with Gasteiger partial charge in [0.15, 0.2) is 11.6 Å². The molecule has 0 fully saturated rings. The van der Waals surface area contributed by atoms with Crippen LogP contribution in [0.4, 0.5) is 0 Å². The number of furan rings is 1. The Hall–Kier alpha value is -5.53. The minimum absolute atomic E-state index is 0.733. The van der Waals surface area contributed by atoms with Gasteiger partial charge in [-0.3, -0.25) is 0 Å². The molecule has 0 spiro atoms. The Labute approximate surface area is 262 Å². The lowest BCUT2D eigenvalue weighted by Crippen LogP contribution is -2.00. The van der Waals surface area contributed by atoms with Crippen LogP contribution in [0.1, 0.15) is 12.0 Å². The van der Waals surface area contributed by atoms with E-state index in [0.717, 1.165) is 69.9 Å². The minimum Gasteiger partial charge on any atom is -0.456 e. The number of fused-ring (bicyclic) bond motifs is 9. The molecule has 1 aliphatic heterocycles. The molecule has 0 aliphatic carbocycles. The fraction of sp³-hybridized carbons (Fsp3) is 0.0789. The zero-order valence-corrected chi connectivity index (χ0v) is 25.0. The second-order valence-electron chi connectivity index (χ2n) is 11.7. The van der Waals surface area contributed by atoms with E-state index in [0.29, 0.717) is 0 Å². The molecule has 5 aromatic carbocycles. The maximum absolute atomic E-state index is 6.09. The summed E-state index contributed by atoms with van der Waals surface area (Å²) in [6.07, 6.45) is 1.92. The highest BCUT2D eigenvalue weighted by Crippen LogP contribution is 2.41. The van der Waals surface area contributed by atoms with Crippen molar-refractivity contribution in [2.75, 3.05) is 0 Å². The third-order valence-corrected chi connectivity index (χ3v) is 9.99. The highest BCUT2D eigenvalue weighted by atomic mass is 32.1. The van der Waals surface area contributed by atoms with E-state index in [1.54, 1.807) is 11.5 Å². The summed E-state index contributed by atoms with van der Waals surface area (Å²) in [4.78, 5) is 6.34. The summed E-state index contributed by atoms with van der Waals surface area (Å²) in [7, 11) is 0. The molecule has 7 heteroatoms. The van der Waals surface area contributed by atoms with Crippen LogP contribution < -0.4 is 0 Å². The van der Waals surface area contributed by atoms with E-state index in [9.17, 15) is 0 Å². The van der Waals surface area contributed by atoms with Gasteiger partial charge in [0.25, 0.3) is 0 Å². The number of hydrogen-bond donors (Lipinski definition) is 0. The predicted molar refractivity (Wildman–Crippen MR) is 182 cm³/mol. The van der Waals surface area contributed by atoms with Crippen molar-refractivity contribution < 1.29 is 4.42 Å². The van der Waals surface area contributed by atoms with Crippen molar-refractivity contribution >= 4 is 55.3 Å². The van der Waals surface area contributed by atoms with Crippen LogP contribution in [-0.2, 0) is 13.0 Å². The highest BCUT2D eigenvalue weighted by Gasteiger charge is 2.26. The third-order valence-electron chi connectivity index (χ3n) is 9.05. The molecule has 5 heterocycles. The lowest BCUT2D eigenvalue weighted by atomic mass is 10.0. The van der Waals surface area contributed by atoms with Crippen LogP contribution in [0.15, 0.2) is 120 Å². The second kappa shape index (κ2) is 9.48. The molecule has 10 rings (SSSR count). The number of aryl methyl sites for hydroxylation is 1. The van der Waals surface area contributed by atoms with Gasteiger partial charge < -0.3 is 8.98 Å². The Balaban J connectivity index is 1.09. The zero-order valence-electron chi connectivity index (χ0n) is 24.1. The maximum atomic E-state index is 6.09. The fourth-order valence-electron chi connectivity index (χ4n) is 6.98. The van der Waals surface area contributed by atoms with E-state index in [-0.39, 0.29) is 0 Å². The van der Waals surface area contributed by atoms with E-state index >= 15 is 0 Å². The average molecular weight is 600 g/mol. The Morgan fingerprint density at radius 3 is 2.36 bits per heavy atom. The van der Waals surface area contributed by atoms with Crippen LogP contribution in [0.2, 0.25) is 0 Å². The molecule has 0 amide bonds. The molecule has 6 nitrogen and oxygen atoms in total. The van der Waals surface area contributed by atoms with Gasteiger partial charge in [-0.15, -0.1) is 0 Å². The first-order valence-electron chi connectivity index (χ1n) is 15.2. The smallest absolute Gasteiger partial charge is 0.181 e. The van der Waals surface area contributed by atoms with Crippen molar-refractivity contribution in [3.05, 3.63) is 121 Å². The molecule has 0 N–H and O–H groups in total. The van der Waals surface area contributed by atoms with Gasteiger partial charge in [0.2, 0.25) is 0 Å². The van der Waals surface area contributed by atoms with E-state index in [2.05, 4.69) is 112 Å². The summed E-state index contributed by atoms with van der Waals surface area (Å²) in [6, 6.07) is 40.4. The van der Waals surface area contributed by atoms with Gasteiger partial charge in [-0.25, -0.2) is 9.67 Å². The van der Waals surface area contributed by atoms with Gasteiger partial charge in [0, 0.05) is 44.9 Å². The summed E-state index contributed by atoms with van der Waals surface area (Å²) in [5.74, 6) is 1.58. The fourth-order valence-corrected chi connectivity index (χ4v) is 7.90. The number of rotatable bonds is 3. The Morgan fingerprint density at radius 2 is 1.42 bits per heavy atom.